The summed E-state index contributed by atoms with van der Waals surface area (Å²) in [5.41, 5.74) is 7.33. The maximum atomic E-state index is 13.4. The normalized spacial score (nSPS) is 17.8. The number of halogens is 2. The number of benzene rings is 2. The number of aryl methyl sites for hydroxylation is 2. The molecule has 1 amide bonds. The van der Waals surface area contributed by atoms with E-state index in [-0.39, 0.29) is 24.1 Å². The van der Waals surface area contributed by atoms with E-state index in [1.54, 1.807) is 0 Å². The number of nitrogens with zero attached hydrogens (tertiary/aromatic N) is 1. The maximum absolute atomic E-state index is 13.4. The molecular weight excluding hydrogens is 624 g/mol. The third-order valence-corrected chi connectivity index (χ3v) is 8.95. The largest absolute Gasteiger partial charge is 0.481 e. The Labute approximate surface area is 246 Å². The van der Waals surface area contributed by atoms with Crippen LogP contribution in [0.5, 0.6) is 5.75 Å². The Morgan fingerprint density at radius 2 is 1.54 bits per heavy atom. The molecule has 0 fully saturated rings. The van der Waals surface area contributed by atoms with Crippen molar-refractivity contribution < 1.29 is 19.1 Å². The van der Waals surface area contributed by atoms with Crippen LogP contribution in [0.1, 0.15) is 68.1 Å². The predicted octanol–water partition coefficient (Wildman–Crippen LogP) is 7.28. The van der Waals surface area contributed by atoms with Crippen molar-refractivity contribution in [2.75, 3.05) is 18.5 Å². The summed E-state index contributed by atoms with van der Waals surface area (Å²) in [7, 11) is 0. The van der Waals surface area contributed by atoms with Crippen molar-refractivity contribution in [1.82, 2.24) is 4.90 Å². The Morgan fingerprint density at radius 3 is 2.10 bits per heavy atom. The van der Waals surface area contributed by atoms with Gasteiger partial charge in [0.05, 0.1) is 8.95 Å². The molecule has 0 bridgehead atoms. The number of nitrogens with one attached hydrogen (secondary N) is 1. The smallest absolute Gasteiger partial charge is 0.262 e. The van der Waals surface area contributed by atoms with Crippen molar-refractivity contribution in [3.63, 3.8) is 0 Å². The molecule has 2 aromatic rings. The number of carbonyl (C=O) groups is 3. The number of rotatable bonds is 6. The van der Waals surface area contributed by atoms with Crippen molar-refractivity contribution in [1.29, 1.82) is 0 Å². The lowest BCUT2D eigenvalue weighted by Crippen LogP contribution is -2.39. The van der Waals surface area contributed by atoms with Gasteiger partial charge in [-0.05, 0) is 113 Å². The van der Waals surface area contributed by atoms with E-state index in [1.807, 2.05) is 44.2 Å². The summed E-state index contributed by atoms with van der Waals surface area (Å²) in [6.45, 7) is 6.59. The highest BCUT2D eigenvalue weighted by molar-refractivity contribution is 9.11. The number of anilines is 1. The summed E-state index contributed by atoms with van der Waals surface area (Å²) in [5, 5.41) is 2.92. The molecule has 2 aliphatic carbocycles. The minimum Gasteiger partial charge on any atom is -0.481 e. The third kappa shape index (κ3) is 5.38. The highest BCUT2D eigenvalue weighted by Crippen LogP contribution is 2.50. The van der Waals surface area contributed by atoms with E-state index in [4.69, 9.17) is 4.74 Å². The van der Waals surface area contributed by atoms with E-state index in [0.29, 0.717) is 27.5 Å². The van der Waals surface area contributed by atoms with Crippen molar-refractivity contribution in [2.45, 2.75) is 65.2 Å². The fourth-order valence-electron chi connectivity index (χ4n) is 6.01. The zero-order valence-electron chi connectivity index (χ0n) is 22.5. The monoisotopic (exact) mass is 654 g/mol. The molecule has 0 saturated carbocycles. The Morgan fingerprint density at radius 1 is 0.949 bits per heavy atom. The Bertz CT molecular complexity index is 1380. The number of Topliss-reactive ketones (excluding diaryl/α,β-unsaturated/α-hetero) is 2. The van der Waals surface area contributed by atoms with Crippen LogP contribution in [0.2, 0.25) is 0 Å². The first-order chi connectivity index (χ1) is 18.7. The molecule has 0 unspecified atom stereocenters. The minimum atomic E-state index is -0.396. The molecule has 39 heavy (non-hydrogen) atoms. The first kappa shape index (κ1) is 27.8. The Kier molecular flexibility index (Phi) is 8.15. The van der Waals surface area contributed by atoms with E-state index in [1.165, 1.54) is 0 Å². The van der Waals surface area contributed by atoms with Gasteiger partial charge in [-0.3, -0.25) is 14.4 Å². The number of ether oxygens (including phenoxy) is 1. The van der Waals surface area contributed by atoms with Gasteiger partial charge in [0.1, 0.15) is 5.75 Å². The van der Waals surface area contributed by atoms with Gasteiger partial charge in [-0.25, -0.2) is 0 Å². The molecule has 1 heterocycles. The molecule has 3 aliphatic rings. The zero-order chi connectivity index (χ0) is 27.8. The van der Waals surface area contributed by atoms with E-state index in [0.717, 1.165) is 77.1 Å². The third-order valence-electron chi connectivity index (χ3n) is 7.77. The van der Waals surface area contributed by atoms with Gasteiger partial charge in [0.25, 0.3) is 5.91 Å². The quantitative estimate of drug-likeness (QED) is 0.354. The van der Waals surface area contributed by atoms with Gasteiger partial charge in [0.2, 0.25) is 0 Å². The van der Waals surface area contributed by atoms with Crippen LogP contribution in [0, 0.1) is 13.8 Å². The SMILES string of the molecule is CCN1C2=C(C(=O)CCC2)C(c2cc(Br)c(OCC(=O)Nc3cc(C)ccc3C)c(Br)c2)C2=C1CCCC2=O. The Balaban J connectivity index is 1.46. The van der Waals surface area contributed by atoms with Gasteiger partial charge in [-0.1, -0.05) is 12.1 Å². The predicted molar refractivity (Wildman–Crippen MR) is 159 cm³/mol. The average molecular weight is 656 g/mol. The molecule has 5 rings (SSSR count). The van der Waals surface area contributed by atoms with Gasteiger partial charge < -0.3 is 15.0 Å². The fraction of sp³-hybridized carbons (Fsp3) is 0.387. The van der Waals surface area contributed by atoms with Gasteiger partial charge in [-0.2, -0.15) is 0 Å². The van der Waals surface area contributed by atoms with Crippen molar-refractivity contribution in [2.24, 2.45) is 0 Å². The van der Waals surface area contributed by atoms with Crippen LogP contribution in [0.15, 0.2) is 61.8 Å². The first-order valence-corrected chi connectivity index (χ1v) is 15.1. The standard InChI is InChI=1S/C31H32Br2N2O4/c1-4-35-23-7-5-9-25(36)29(23)28(30-24(35)8-6-10-26(30)37)19-14-20(32)31(21(33)15-19)39-16-27(38)34-22-13-17(2)11-12-18(22)3/h11-15,28H,4-10,16H2,1-3H3,(H,34,38). The second-order valence-electron chi connectivity index (χ2n) is 10.4. The second kappa shape index (κ2) is 11.4. The molecule has 0 spiro atoms. The summed E-state index contributed by atoms with van der Waals surface area (Å²) >= 11 is 7.27. The first-order valence-electron chi connectivity index (χ1n) is 13.5. The molecule has 0 radical (unpaired) electrons. The number of allylic oxidation sites excluding steroid dienone is 4. The Hall–Kier alpha value is -2.71. The molecule has 0 saturated heterocycles. The number of hydrogen-bond acceptors (Lipinski definition) is 5. The number of hydrogen-bond donors (Lipinski definition) is 1. The minimum absolute atomic E-state index is 0.125. The lowest BCUT2D eigenvalue weighted by Gasteiger charge is -2.43. The van der Waals surface area contributed by atoms with Crippen molar-refractivity contribution in [3.8, 4) is 5.75 Å². The molecule has 1 N–H and O–H groups in total. The molecular formula is C31H32Br2N2O4. The van der Waals surface area contributed by atoms with E-state index in [2.05, 4.69) is 49.0 Å². The zero-order valence-corrected chi connectivity index (χ0v) is 25.6. The second-order valence-corrected chi connectivity index (χ2v) is 12.1. The van der Waals surface area contributed by atoms with E-state index >= 15 is 0 Å². The number of ketones is 2. The van der Waals surface area contributed by atoms with Crippen LogP contribution in [0.4, 0.5) is 5.69 Å². The van der Waals surface area contributed by atoms with Crippen molar-refractivity contribution >= 4 is 55.0 Å². The lowest BCUT2D eigenvalue weighted by molar-refractivity contribution is -0.118. The molecule has 6 nitrogen and oxygen atoms in total. The molecule has 0 aromatic heterocycles. The summed E-state index contributed by atoms with van der Waals surface area (Å²) in [5.74, 6) is 0.0891. The van der Waals surface area contributed by atoms with E-state index in [9.17, 15) is 14.4 Å². The van der Waals surface area contributed by atoms with Crippen LogP contribution in [0.25, 0.3) is 0 Å². The van der Waals surface area contributed by atoms with Crippen LogP contribution >= 0.6 is 31.9 Å². The highest BCUT2D eigenvalue weighted by atomic mass is 79.9. The summed E-state index contributed by atoms with van der Waals surface area (Å²) in [4.78, 5) is 41.6. The van der Waals surface area contributed by atoms with Gasteiger partial charge >= 0.3 is 0 Å². The van der Waals surface area contributed by atoms with E-state index < -0.39 is 5.92 Å². The summed E-state index contributed by atoms with van der Waals surface area (Å²) in [6, 6.07) is 9.76. The number of carbonyl (C=O) groups excluding carboxylic acids is 3. The molecule has 1 aliphatic heterocycles. The molecule has 204 valence electrons. The van der Waals surface area contributed by atoms with Crippen LogP contribution < -0.4 is 10.1 Å². The van der Waals surface area contributed by atoms with Gasteiger partial charge in [-0.15, -0.1) is 0 Å². The summed E-state index contributed by atoms with van der Waals surface area (Å²) in [6.07, 6.45) is 4.36. The fourth-order valence-corrected chi connectivity index (χ4v) is 7.46. The molecule has 0 atom stereocenters. The highest BCUT2D eigenvalue weighted by Gasteiger charge is 2.43. The maximum Gasteiger partial charge on any atom is 0.262 e. The van der Waals surface area contributed by atoms with Crippen molar-refractivity contribution in [3.05, 3.63) is 78.5 Å². The number of amides is 1. The molecule has 2 aromatic carbocycles. The van der Waals surface area contributed by atoms with Crippen LogP contribution in [-0.2, 0) is 14.4 Å². The van der Waals surface area contributed by atoms with Gasteiger partial charge in [0, 0.05) is 53.5 Å². The summed E-state index contributed by atoms with van der Waals surface area (Å²) < 4.78 is 7.24. The van der Waals surface area contributed by atoms with Gasteiger partial charge in [0.15, 0.2) is 18.2 Å². The van der Waals surface area contributed by atoms with Crippen LogP contribution in [0.3, 0.4) is 0 Å². The van der Waals surface area contributed by atoms with Crippen LogP contribution in [-0.4, -0.2) is 35.5 Å². The molecule has 8 heteroatoms. The lowest BCUT2D eigenvalue weighted by atomic mass is 9.71. The topological polar surface area (TPSA) is 75.7 Å². The average Bonchev–Trinajstić information content (AvgIpc) is 2.89.